The smallest absolute Gasteiger partial charge is 0.294 e. The third-order valence-corrected chi connectivity index (χ3v) is 3.85. The minimum atomic E-state index is -0.439. The van der Waals surface area contributed by atoms with Crippen LogP contribution in [0.15, 0.2) is 24.3 Å². The van der Waals surface area contributed by atoms with E-state index in [4.69, 9.17) is 17.0 Å². The normalized spacial score (nSPS) is 15.0. The maximum Gasteiger partial charge on any atom is 0.294 e. The van der Waals surface area contributed by atoms with Crippen molar-refractivity contribution in [2.45, 2.75) is 6.42 Å². The molecule has 0 bridgehead atoms. The molecule has 0 aliphatic carbocycles. The molecule has 8 nitrogen and oxygen atoms in total. The maximum atomic E-state index is 10.9. The molecule has 0 saturated carbocycles. The first-order valence-corrected chi connectivity index (χ1v) is 8.02. The second-order valence-electron chi connectivity index (χ2n) is 5.25. The molecule has 1 fully saturated rings. The second kappa shape index (κ2) is 9.23. The number of anilines is 1. The molecule has 0 unspecified atom stereocenters. The van der Waals surface area contributed by atoms with Crippen molar-refractivity contribution >= 4 is 28.7 Å². The standard InChI is InChI=1S/C14H21N5O3S/c20-19(21)13-5-2-1-4-12(13)16-17-14(23)15-6-3-7-18-8-10-22-11-9-18/h1-2,4-5,16H,3,6-11H2,(H2,15,17,23)/p+1. The molecule has 4 N–H and O–H groups in total. The van der Waals surface area contributed by atoms with Crippen LogP contribution in [0.4, 0.5) is 11.4 Å². The zero-order chi connectivity index (χ0) is 16.5. The molecule has 1 aliphatic heterocycles. The highest BCUT2D eigenvalue weighted by Gasteiger charge is 2.13. The Morgan fingerprint density at radius 3 is 2.83 bits per heavy atom. The number of benzene rings is 1. The van der Waals surface area contributed by atoms with Gasteiger partial charge in [0.15, 0.2) is 5.11 Å². The van der Waals surface area contributed by atoms with E-state index in [0.29, 0.717) is 10.8 Å². The number of morpholine rings is 1. The third-order valence-electron chi connectivity index (χ3n) is 3.60. The Balaban J connectivity index is 1.64. The van der Waals surface area contributed by atoms with Crippen LogP contribution >= 0.6 is 12.2 Å². The predicted octanol–water partition coefficient (Wildman–Crippen LogP) is -0.309. The third kappa shape index (κ3) is 5.97. The molecule has 2 rings (SSSR count). The summed E-state index contributed by atoms with van der Waals surface area (Å²) in [6, 6.07) is 6.40. The van der Waals surface area contributed by atoms with Gasteiger partial charge in [0, 0.05) is 19.0 Å². The summed E-state index contributed by atoms with van der Waals surface area (Å²) >= 11 is 5.15. The lowest BCUT2D eigenvalue weighted by molar-refractivity contribution is -0.908. The average Bonchev–Trinajstić information content (AvgIpc) is 2.58. The van der Waals surface area contributed by atoms with Gasteiger partial charge in [0.25, 0.3) is 5.69 Å². The number of thiocarbonyl (C=S) groups is 1. The van der Waals surface area contributed by atoms with Crippen LogP contribution in [-0.2, 0) is 4.74 Å². The molecule has 0 radical (unpaired) electrons. The van der Waals surface area contributed by atoms with E-state index < -0.39 is 4.92 Å². The van der Waals surface area contributed by atoms with Gasteiger partial charge < -0.3 is 15.0 Å². The Bertz CT molecular complexity index is 537. The van der Waals surface area contributed by atoms with Gasteiger partial charge in [0.05, 0.1) is 24.7 Å². The molecule has 0 amide bonds. The summed E-state index contributed by atoms with van der Waals surface area (Å²) in [5.41, 5.74) is 5.91. The molecule has 0 atom stereocenters. The molecule has 9 heteroatoms. The van der Waals surface area contributed by atoms with E-state index >= 15 is 0 Å². The van der Waals surface area contributed by atoms with Gasteiger partial charge in [-0.15, -0.1) is 0 Å². The fourth-order valence-electron chi connectivity index (χ4n) is 2.36. The van der Waals surface area contributed by atoms with Crippen molar-refractivity contribution in [3.8, 4) is 0 Å². The Kier molecular flexibility index (Phi) is 6.98. The monoisotopic (exact) mass is 340 g/mol. The molecule has 126 valence electrons. The van der Waals surface area contributed by atoms with Gasteiger partial charge >= 0.3 is 0 Å². The summed E-state index contributed by atoms with van der Waals surface area (Å²) in [6.07, 6.45) is 1.00. The summed E-state index contributed by atoms with van der Waals surface area (Å²) in [5.74, 6) is 0. The number of hydrogen-bond acceptors (Lipinski definition) is 5. The highest BCUT2D eigenvalue weighted by molar-refractivity contribution is 7.80. The highest BCUT2D eigenvalue weighted by atomic mass is 32.1. The van der Waals surface area contributed by atoms with E-state index in [9.17, 15) is 10.1 Å². The van der Waals surface area contributed by atoms with Gasteiger partial charge in [-0.05, 0) is 18.3 Å². The summed E-state index contributed by atoms with van der Waals surface area (Å²) in [6.45, 7) is 5.63. The number of hydrogen-bond donors (Lipinski definition) is 4. The zero-order valence-electron chi connectivity index (χ0n) is 12.8. The fraction of sp³-hybridized carbons (Fsp3) is 0.500. The van der Waals surface area contributed by atoms with Crippen LogP contribution in [0.25, 0.3) is 0 Å². The first-order chi connectivity index (χ1) is 11.2. The first kappa shape index (κ1) is 17.4. The van der Waals surface area contributed by atoms with Gasteiger partial charge in [-0.25, -0.2) is 0 Å². The zero-order valence-corrected chi connectivity index (χ0v) is 13.7. The topological polar surface area (TPSA) is 92.9 Å². The molecule has 23 heavy (non-hydrogen) atoms. The summed E-state index contributed by atoms with van der Waals surface area (Å²) in [4.78, 5) is 12.0. The Hall–Kier alpha value is -1.97. The number of quaternary nitrogens is 1. The van der Waals surface area contributed by atoms with E-state index in [1.54, 1.807) is 23.1 Å². The number of para-hydroxylation sites is 2. The van der Waals surface area contributed by atoms with Crippen LogP contribution in [0.3, 0.4) is 0 Å². The van der Waals surface area contributed by atoms with E-state index in [1.807, 2.05) is 0 Å². The van der Waals surface area contributed by atoms with E-state index in [-0.39, 0.29) is 5.69 Å². The number of hydrazine groups is 1. The van der Waals surface area contributed by atoms with Crippen molar-refractivity contribution in [2.24, 2.45) is 0 Å². The quantitative estimate of drug-likeness (QED) is 0.234. The van der Waals surface area contributed by atoms with Gasteiger partial charge in [0.2, 0.25) is 0 Å². The van der Waals surface area contributed by atoms with Gasteiger partial charge in [-0.2, -0.15) is 0 Å². The predicted molar refractivity (Wildman–Crippen MR) is 91.5 cm³/mol. The number of rotatable bonds is 7. The maximum absolute atomic E-state index is 10.9. The molecule has 1 saturated heterocycles. The van der Waals surface area contributed by atoms with Crippen LogP contribution in [0, 0.1) is 10.1 Å². The Morgan fingerprint density at radius 2 is 2.09 bits per heavy atom. The van der Waals surface area contributed by atoms with Crippen molar-refractivity contribution in [3.63, 3.8) is 0 Å². The van der Waals surface area contributed by atoms with Crippen LogP contribution in [-0.4, -0.2) is 49.4 Å². The Morgan fingerprint density at radius 1 is 1.35 bits per heavy atom. The number of ether oxygens (including phenoxy) is 1. The van der Waals surface area contributed by atoms with E-state index in [2.05, 4.69) is 16.2 Å². The minimum Gasteiger partial charge on any atom is -0.370 e. The van der Waals surface area contributed by atoms with Crippen molar-refractivity contribution < 1.29 is 14.6 Å². The average molecular weight is 340 g/mol. The number of nitro groups is 1. The molecule has 0 aromatic heterocycles. The first-order valence-electron chi connectivity index (χ1n) is 7.61. The number of nitro benzene ring substituents is 1. The number of nitrogens with one attached hydrogen (secondary N) is 4. The van der Waals surface area contributed by atoms with Crippen molar-refractivity contribution in [1.82, 2.24) is 10.7 Å². The fourth-order valence-corrected chi connectivity index (χ4v) is 2.51. The van der Waals surface area contributed by atoms with E-state index in [0.717, 1.165) is 45.8 Å². The molecular weight excluding hydrogens is 318 g/mol. The van der Waals surface area contributed by atoms with Crippen LogP contribution in [0.2, 0.25) is 0 Å². The molecular formula is C14H22N5O3S+. The van der Waals surface area contributed by atoms with Gasteiger partial charge in [0.1, 0.15) is 18.8 Å². The Labute approximate surface area is 140 Å². The highest BCUT2D eigenvalue weighted by Crippen LogP contribution is 2.21. The van der Waals surface area contributed by atoms with Crippen LogP contribution in [0.1, 0.15) is 6.42 Å². The van der Waals surface area contributed by atoms with Crippen molar-refractivity contribution in [1.29, 1.82) is 0 Å². The largest absolute Gasteiger partial charge is 0.370 e. The molecule has 1 aromatic rings. The molecule has 0 spiro atoms. The minimum absolute atomic E-state index is 0.00119. The summed E-state index contributed by atoms with van der Waals surface area (Å²) < 4.78 is 5.32. The molecule has 1 aromatic carbocycles. The summed E-state index contributed by atoms with van der Waals surface area (Å²) in [7, 11) is 0. The lowest BCUT2D eigenvalue weighted by Gasteiger charge is -2.23. The molecule has 1 aliphatic rings. The van der Waals surface area contributed by atoms with Crippen molar-refractivity contribution in [3.05, 3.63) is 34.4 Å². The van der Waals surface area contributed by atoms with Crippen molar-refractivity contribution in [2.75, 3.05) is 44.8 Å². The lowest BCUT2D eigenvalue weighted by atomic mass is 10.3. The second-order valence-corrected chi connectivity index (χ2v) is 5.65. The molecule has 1 heterocycles. The summed E-state index contributed by atoms with van der Waals surface area (Å²) in [5, 5.41) is 14.4. The van der Waals surface area contributed by atoms with Crippen LogP contribution < -0.4 is 21.1 Å². The van der Waals surface area contributed by atoms with Gasteiger partial charge in [-0.1, -0.05) is 12.1 Å². The SMILES string of the molecule is O=[N+]([O-])c1ccccc1NNC(=S)NCCC[NH+]1CCOCC1. The number of nitrogens with zero attached hydrogens (tertiary/aromatic N) is 1. The van der Waals surface area contributed by atoms with Gasteiger partial charge in [-0.3, -0.25) is 21.0 Å². The lowest BCUT2D eigenvalue weighted by Crippen LogP contribution is -3.14. The van der Waals surface area contributed by atoms with Crippen LogP contribution in [0.5, 0.6) is 0 Å². The van der Waals surface area contributed by atoms with E-state index in [1.165, 1.54) is 6.07 Å².